The fourth-order valence-electron chi connectivity index (χ4n) is 1.91. The van der Waals surface area contributed by atoms with E-state index in [0.29, 0.717) is 10.6 Å². The third-order valence-corrected chi connectivity index (χ3v) is 3.46. The summed E-state index contributed by atoms with van der Waals surface area (Å²) in [5, 5.41) is 12.7. The molecule has 0 saturated carbocycles. The Morgan fingerprint density at radius 2 is 1.60 bits per heavy atom. The van der Waals surface area contributed by atoms with E-state index in [9.17, 15) is 19.5 Å². The molecule has 0 spiro atoms. The Bertz CT molecular complexity index is 778. The number of benzene rings is 2. The molecule has 0 aliphatic carbocycles. The Morgan fingerprint density at radius 1 is 0.920 bits per heavy atom. The minimum absolute atomic E-state index is 0.0274. The van der Waals surface area contributed by atoms with Crippen molar-refractivity contribution in [2.24, 2.45) is 0 Å². The van der Waals surface area contributed by atoms with Crippen molar-refractivity contribution in [2.75, 3.05) is 6.54 Å². The van der Waals surface area contributed by atoms with E-state index in [4.69, 9.17) is 11.6 Å². The molecule has 0 saturated heterocycles. The quantitative estimate of drug-likeness (QED) is 0.607. The monoisotopic (exact) mass is 361 g/mol. The molecule has 0 unspecified atom stereocenters. The number of phenols is 1. The van der Waals surface area contributed by atoms with Gasteiger partial charge in [-0.2, -0.15) is 0 Å². The summed E-state index contributed by atoms with van der Waals surface area (Å²) in [7, 11) is 0. The number of nitrogens with one attached hydrogen (secondary N) is 3. The first kappa shape index (κ1) is 18.3. The smallest absolute Gasteiger partial charge is 0.273 e. The summed E-state index contributed by atoms with van der Waals surface area (Å²) in [4.78, 5) is 35.3. The van der Waals surface area contributed by atoms with Gasteiger partial charge in [0.05, 0.1) is 5.56 Å². The molecule has 8 heteroatoms. The minimum Gasteiger partial charge on any atom is -0.507 e. The molecule has 0 aromatic heterocycles. The van der Waals surface area contributed by atoms with Gasteiger partial charge in [-0.05, 0) is 36.4 Å². The van der Waals surface area contributed by atoms with Gasteiger partial charge >= 0.3 is 0 Å². The lowest BCUT2D eigenvalue weighted by Crippen LogP contribution is -2.42. The maximum atomic E-state index is 11.8. The SMILES string of the molecule is O=C(CCNC(=O)c1ccc(Cl)cc1)NNC(=O)c1ccccc1O. The van der Waals surface area contributed by atoms with Gasteiger partial charge in [-0.25, -0.2) is 0 Å². The highest BCUT2D eigenvalue weighted by molar-refractivity contribution is 6.30. The fourth-order valence-corrected chi connectivity index (χ4v) is 2.04. The van der Waals surface area contributed by atoms with Crippen LogP contribution in [0.3, 0.4) is 0 Å². The van der Waals surface area contributed by atoms with Crippen LogP contribution in [0.2, 0.25) is 5.02 Å². The molecular weight excluding hydrogens is 346 g/mol. The topological polar surface area (TPSA) is 108 Å². The van der Waals surface area contributed by atoms with Crippen molar-refractivity contribution in [3.63, 3.8) is 0 Å². The summed E-state index contributed by atoms with van der Waals surface area (Å²) >= 11 is 5.74. The zero-order valence-corrected chi connectivity index (χ0v) is 13.8. The molecule has 0 bridgehead atoms. The van der Waals surface area contributed by atoms with E-state index >= 15 is 0 Å². The summed E-state index contributed by atoms with van der Waals surface area (Å²) in [6.07, 6.45) is -0.0274. The summed E-state index contributed by atoms with van der Waals surface area (Å²) in [5.41, 5.74) is 4.87. The summed E-state index contributed by atoms with van der Waals surface area (Å²) in [6, 6.07) is 12.3. The van der Waals surface area contributed by atoms with Gasteiger partial charge in [0.2, 0.25) is 5.91 Å². The third-order valence-electron chi connectivity index (χ3n) is 3.21. The van der Waals surface area contributed by atoms with E-state index in [2.05, 4.69) is 16.2 Å². The van der Waals surface area contributed by atoms with Gasteiger partial charge in [0, 0.05) is 23.6 Å². The molecule has 0 heterocycles. The molecule has 2 rings (SSSR count). The predicted octanol–water partition coefficient (Wildman–Crippen LogP) is 1.63. The van der Waals surface area contributed by atoms with Crippen LogP contribution < -0.4 is 16.2 Å². The highest BCUT2D eigenvalue weighted by Crippen LogP contribution is 2.14. The van der Waals surface area contributed by atoms with Crippen molar-refractivity contribution >= 4 is 29.3 Å². The number of rotatable bonds is 5. The van der Waals surface area contributed by atoms with Crippen molar-refractivity contribution in [3.8, 4) is 5.75 Å². The second-order valence-corrected chi connectivity index (χ2v) is 5.47. The first-order valence-corrected chi connectivity index (χ1v) is 7.76. The molecular formula is C17H16ClN3O4. The molecule has 0 fully saturated rings. The van der Waals surface area contributed by atoms with Crippen molar-refractivity contribution in [1.82, 2.24) is 16.2 Å². The number of amides is 3. The Kier molecular flexibility index (Phi) is 6.36. The van der Waals surface area contributed by atoms with Crippen LogP contribution in [0.4, 0.5) is 0 Å². The first-order chi connectivity index (χ1) is 12.0. The van der Waals surface area contributed by atoms with Crippen LogP contribution in [0.25, 0.3) is 0 Å². The van der Waals surface area contributed by atoms with Crippen molar-refractivity contribution < 1.29 is 19.5 Å². The van der Waals surface area contributed by atoms with Gasteiger partial charge in [0.15, 0.2) is 0 Å². The van der Waals surface area contributed by atoms with Gasteiger partial charge < -0.3 is 10.4 Å². The lowest BCUT2D eigenvalue weighted by atomic mass is 10.2. The van der Waals surface area contributed by atoms with Gasteiger partial charge in [0.1, 0.15) is 5.75 Å². The predicted molar refractivity (Wildman–Crippen MR) is 92.1 cm³/mol. The number of hydrogen-bond donors (Lipinski definition) is 4. The Balaban J connectivity index is 1.72. The minimum atomic E-state index is -0.642. The highest BCUT2D eigenvalue weighted by atomic mass is 35.5. The normalized spacial score (nSPS) is 9.96. The van der Waals surface area contributed by atoms with E-state index < -0.39 is 11.8 Å². The number of carbonyl (C=O) groups is 3. The van der Waals surface area contributed by atoms with Crippen molar-refractivity contribution in [2.45, 2.75) is 6.42 Å². The molecule has 25 heavy (non-hydrogen) atoms. The largest absolute Gasteiger partial charge is 0.507 e. The number of hydrogen-bond acceptors (Lipinski definition) is 4. The molecule has 0 atom stereocenters. The first-order valence-electron chi connectivity index (χ1n) is 7.38. The molecule has 2 aromatic rings. The molecule has 0 aliphatic rings. The lowest BCUT2D eigenvalue weighted by Gasteiger charge is -2.09. The third kappa shape index (κ3) is 5.50. The molecule has 7 nitrogen and oxygen atoms in total. The maximum absolute atomic E-state index is 11.8. The van der Waals surface area contributed by atoms with E-state index in [1.807, 2.05) is 0 Å². The van der Waals surface area contributed by atoms with E-state index in [-0.39, 0.29) is 30.2 Å². The zero-order valence-electron chi connectivity index (χ0n) is 13.1. The molecule has 0 aliphatic heterocycles. The molecule has 0 radical (unpaired) electrons. The number of hydrazine groups is 1. The molecule has 130 valence electrons. The van der Waals surface area contributed by atoms with Crippen molar-refractivity contribution in [1.29, 1.82) is 0 Å². The number of halogens is 1. The summed E-state index contributed by atoms with van der Waals surface area (Å²) in [5.74, 6) is -1.65. The van der Waals surface area contributed by atoms with Gasteiger partial charge in [-0.15, -0.1) is 0 Å². The second kappa shape index (κ2) is 8.70. The highest BCUT2D eigenvalue weighted by Gasteiger charge is 2.11. The maximum Gasteiger partial charge on any atom is 0.273 e. The van der Waals surface area contributed by atoms with Crippen LogP contribution in [0.15, 0.2) is 48.5 Å². The summed E-state index contributed by atoms with van der Waals surface area (Å²) in [6.45, 7) is 0.0970. The number of phenolic OH excluding ortho intramolecular Hbond substituents is 1. The van der Waals surface area contributed by atoms with Crippen LogP contribution in [-0.2, 0) is 4.79 Å². The van der Waals surface area contributed by atoms with Crippen LogP contribution in [0.5, 0.6) is 5.75 Å². The van der Waals surface area contributed by atoms with E-state index in [1.165, 1.54) is 12.1 Å². The standard InChI is InChI=1S/C17H16ClN3O4/c18-12-7-5-11(6-8-12)16(24)19-10-9-15(23)20-21-17(25)13-3-1-2-4-14(13)22/h1-8,22H,9-10H2,(H,19,24)(H,20,23)(H,21,25). The van der Waals surface area contributed by atoms with Crippen LogP contribution in [-0.4, -0.2) is 29.4 Å². The number of para-hydroxylation sites is 1. The average Bonchev–Trinajstić information content (AvgIpc) is 2.60. The summed E-state index contributed by atoms with van der Waals surface area (Å²) < 4.78 is 0. The Morgan fingerprint density at radius 3 is 2.28 bits per heavy atom. The lowest BCUT2D eigenvalue weighted by molar-refractivity contribution is -0.121. The van der Waals surface area contributed by atoms with Gasteiger partial charge in [-0.3, -0.25) is 25.2 Å². The molecule has 2 aromatic carbocycles. The molecule has 4 N–H and O–H groups in total. The Labute approximate surface area is 149 Å². The Hall–Kier alpha value is -3.06. The molecule has 3 amide bonds. The van der Waals surface area contributed by atoms with E-state index in [0.717, 1.165) is 0 Å². The van der Waals surface area contributed by atoms with Gasteiger partial charge in [-0.1, -0.05) is 23.7 Å². The zero-order chi connectivity index (χ0) is 18.2. The number of carbonyl (C=O) groups excluding carboxylic acids is 3. The van der Waals surface area contributed by atoms with Crippen molar-refractivity contribution in [3.05, 3.63) is 64.7 Å². The van der Waals surface area contributed by atoms with Crippen LogP contribution in [0, 0.1) is 0 Å². The fraction of sp³-hybridized carbons (Fsp3) is 0.118. The van der Waals surface area contributed by atoms with Crippen LogP contribution in [0.1, 0.15) is 27.1 Å². The van der Waals surface area contributed by atoms with Gasteiger partial charge in [0.25, 0.3) is 11.8 Å². The second-order valence-electron chi connectivity index (χ2n) is 5.03. The van der Waals surface area contributed by atoms with Crippen LogP contribution >= 0.6 is 11.6 Å². The van der Waals surface area contributed by atoms with E-state index in [1.54, 1.807) is 36.4 Å². The number of aromatic hydroxyl groups is 1. The average molecular weight is 362 g/mol.